The van der Waals surface area contributed by atoms with E-state index in [1.807, 2.05) is 42.5 Å². The van der Waals surface area contributed by atoms with Crippen LogP contribution in [0.3, 0.4) is 0 Å². The first-order valence-corrected chi connectivity index (χ1v) is 7.21. The molecule has 0 fully saturated rings. The predicted molar refractivity (Wildman–Crippen MR) is 85.0 cm³/mol. The number of halogens is 1. The third-order valence-corrected chi connectivity index (χ3v) is 3.72. The van der Waals surface area contributed by atoms with E-state index >= 15 is 0 Å². The Morgan fingerprint density at radius 1 is 1.16 bits per heavy atom. The van der Waals surface area contributed by atoms with Gasteiger partial charge in [-0.25, -0.2) is 0 Å². The summed E-state index contributed by atoms with van der Waals surface area (Å²) in [6.45, 7) is 2.05. The molecule has 0 amide bonds. The van der Waals surface area contributed by atoms with Gasteiger partial charge in [-0.1, -0.05) is 31.2 Å². The number of aryl methyl sites for hydroxylation is 1. The SMILES string of the molecule is CCc1ccccc1C(=O)c1cc(I)ccc1OC. The van der Waals surface area contributed by atoms with Crippen LogP contribution < -0.4 is 4.74 Å². The zero-order valence-corrected chi connectivity index (χ0v) is 13.1. The van der Waals surface area contributed by atoms with Crippen LogP contribution >= 0.6 is 22.6 Å². The highest BCUT2D eigenvalue weighted by Gasteiger charge is 2.17. The summed E-state index contributed by atoms with van der Waals surface area (Å²) in [4.78, 5) is 12.7. The molecule has 0 atom stereocenters. The van der Waals surface area contributed by atoms with Crippen molar-refractivity contribution in [3.05, 3.63) is 62.7 Å². The highest BCUT2D eigenvalue weighted by Crippen LogP contribution is 2.25. The molecule has 19 heavy (non-hydrogen) atoms. The monoisotopic (exact) mass is 366 g/mol. The minimum absolute atomic E-state index is 0.0211. The zero-order valence-electron chi connectivity index (χ0n) is 10.9. The minimum atomic E-state index is 0.0211. The first-order valence-electron chi connectivity index (χ1n) is 6.13. The van der Waals surface area contributed by atoms with E-state index in [0.717, 1.165) is 21.1 Å². The summed E-state index contributed by atoms with van der Waals surface area (Å²) in [5.41, 5.74) is 2.44. The van der Waals surface area contributed by atoms with Crippen LogP contribution in [-0.4, -0.2) is 12.9 Å². The van der Waals surface area contributed by atoms with Gasteiger partial charge in [0.1, 0.15) is 5.75 Å². The summed E-state index contributed by atoms with van der Waals surface area (Å²) in [6.07, 6.45) is 0.841. The molecule has 2 rings (SSSR count). The van der Waals surface area contributed by atoms with Crippen LogP contribution in [0, 0.1) is 3.57 Å². The van der Waals surface area contributed by atoms with Crippen molar-refractivity contribution in [1.82, 2.24) is 0 Å². The number of methoxy groups -OCH3 is 1. The molecule has 98 valence electrons. The zero-order chi connectivity index (χ0) is 13.8. The first kappa shape index (κ1) is 14.1. The molecule has 0 heterocycles. The van der Waals surface area contributed by atoms with Gasteiger partial charge in [0.2, 0.25) is 0 Å². The highest BCUT2D eigenvalue weighted by molar-refractivity contribution is 14.1. The van der Waals surface area contributed by atoms with E-state index in [2.05, 4.69) is 29.5 Å². The topological polar surface area (TPSA) is 26.3 Å². The lowest BCUT2D eigenvalue weighted by atomic mass is 9.96. The summed E-state index contributed by atoms with van der Waals surface area (Å²) >= 11 is 2.20. The number of ketones is 1. The third kappa shape index (κ3) is 2.97. The molecular formula is C16H15IO2. The number of benzene rings is 2. The van der Waals surface area contributed by atoms with Crippen LogP contribution in [0.4, 0.5) is 0 Å². The summed E-state index contributed by atoms with van der Waals surface area (Å²) in [5, 5.41) is 0. The molecule has 0 unspecified atom stereocenters. The normalized spacial score (nSPS) is 10.3. The number of ether oxygens (including phenoxy) is 1. The van der Waals surface area contributed by atoms with Gasteiger partial charge in [0.15, 0.2) is 5.78 Å². The van der Waals surface area contributed by atoms with Gasteiger partial charge in [0.25, 0.3) is 0 Å². The van der Waals surface area contributed by atoms with Crippen LogP contribution in [0.5, 0.6) is 5.75 Å². The molecule has 0 aliphatic rings. The van der Waals surface area contributed by atoms with Gasteiger partial charge in [-0.15, -0.1) is 0 Å². The van der Waals surface area contributed by atoms with Crippen molar-refractivity contribution in [2.75, 3.05) is 7.11 Å². The molecule has 2 aromatic rings. The van der Waals surface area contributed by atoms with Gasteiger partial charge in [-0.2, -0.15) is 0 Å². The van der Waals surface area contributed by atoms with Crippen LogP contribution in [-0.2, 0) is 6.42 Å². The van der Waals surface area contributed by atoms with Crippen molar-refractivity contribution in [2.45, 2.75) is 13.3 Å². The lowest BCUT2D eigenvalue weighted by Gasteiger charge is -2.10. The minimum Gasteiger partial charge on any atom is -0.496 e. The second-order valence-electron chi connectivity index (χ2n) is 4.18. The number of hydrogen-bond acceptors (Lipinski definition) is 2. The fourth-order valence-corrected chi connectivity index (χ4v) is 2.54. The lowest BCUT2D eigenvalue weighted by molar-refractivity contribution is 0.103. The fraction of sp³-hybridized carbons (Fsp3) is 0.188. The van der Waals surface area contributed by atoms with Gasteiger partial charge < -0.3 is 4.74 Å². The molecule has 3 heteroatoms. The molecule has 0 aromatic heterocycles. The predicted octanol–water partition coefficient (Wildman–Crippen LogP) is 4.09. The summed E-state index contributed by atoms with van der Waals surface area (Å²) in [7, 11) is 1.59. The largest absolute Gasteiger partial charge is 0.496 e. The van der Waals surface area contributed by atoms with Crippen molar-refractivity contribution in [3.8, 4) is 5.75 Å². The summed E-state index contributed by atoms with van der Waals surface area (Å²) < 4.78 is 6.32. The third-order valence-electron chi connectivity index (χ3n) is 3.05. The Morgan fingerprint density at radius 3 is 2.58 bits per heavy atom. The second kappa shape index (κ2) is 6.19. The maximum Gasteiger partial charge on any atom is 0.197 e. The Balaban J connectivity index is 2.52. The highest BCUT2D eigenvalue weighted by atomic mass is 127. The fourth-order valence-electron chi connectivity index (χ4n) is 2.05. The van der Waals surface area contributed by atoms with E-state index in [9.17, 15) is 4.79 Å². The maximum atomic E-state index is 12.7. The molecular weight excluding hydrogens is 351 g/mol. The molecule has 0 bridgehead atoms. The Morgan fingerprint density at radius 2 is 1.89 bits per heavy atom. The van der Waals surface area contributed by atoms with Crippen molar-refractivity contribution in [3.63, 3.8) is 0 Å². The molecule has 0 N–H and O–H groups in total. The number of rotatable bonds is 4. The number of carbonyl (C=O) groups excluding carboxylic acids is 1. The van der Waals surface area contributed by atoms with Gasteiger partial charge in [0.05, 0.1) is 12.7 Å². The van der Waals surface area contributed by atoms with Crippen molar-refractivity contribution in [2.24, 2.45) is 0 Å². The Kier molecular flexibility index (Phi) is 4.58. The quantitative estimate of drug-likeness (QED) is 0.602. The first-order chi connectivity index (χ1) is 9.17. The summed E-state index contributed by atoms with van der Waals surface area (Å²) in [5.74, 6) is 0.643. The van der Waals surface area contributed by atoms with Crippen LogP contribution in [0.2, 0.25) is 0 Å². The number of hydrogen-bond donors (Lipinski definition) is 0. The van der Waals surface area contributed by atoms with Crippen molar-refractivity contribution < 1.29 is 9.53 Å². The van der Waals surface area contributed by atoms with E-state index in [1.165, 1.54) is 0 Å². The van der Waals surface area contributed by atoms with Gasteiger partial charge in [-0.3, -0.25) is 4.79 Å². The van der Waals surface area contributed by atoms with Crippen LogP contribution in [0.25, 0.3) is 0 Å². The Bertz CT molecular complexity index is 605. The molecule has 0 saturated heterocycles. The second-order valence-corrected chi connectivity index (χ2v) is 5.43. The average molecular weight is 366 g/mol. The van der Waals surface area contributed by atoms with E-state index in [0.29, 0.717) is 11.3 Å². The number of carbonyl (C=O) groups is 1. The molecule has 0 spiro atoms. The smallest absolute Gasteiger partial charge is 0.197 e. The lowest BCUT2D eigenvalue weighted by Crippen LogP contribution is -2.07. The molecule has 0 radical (unpaired) electrons. The van der Waals surface area contributed by atoms with E-state index in [1.54, 1.807) is 7.11 Å². The molecule has 0 aliphatic carbocycles. The van der Waals surface area contributed by atoms with E-state index in [-0.39, 0.29) is 5.78 Å². The maximum absolute atomic E-state index is 12.7. The molecule has 2 aromatic carbocycles. The standard InChI is InChI=1S/C16H15IO2/c1-3-11-6-4-5-7-13(11)16(18)14-10-12(17)8-9-15(14)19-2/h4-10H,3H2,1-2H3. The molecule has 0 saturated carbocycles. The average Bonchev–Trinajstić information content (AvgIpc) is 2.46. The van der Waals surface area contributed by atoms with Gasteiger partial charge in [0, 0.05) is 9.13 Å². The van der Waals surface area contributed by atoms with Gasteiger partial charge >= 0.3 is 0 Å². The molecule has 0 aliphatic heterocycles. The Hall–Kier alpha value is -1.36. The van der Waals surface area contributed by atoms with Crippen molar-refractivity contribution in [1.29, 1.82) is 0 Å². The Labute approximate surface area is 126 Å². The summed E-state index contributed by atoms with van der Waals surface area (Å²) in [6, 6.07) is 13.4. The molecule has 2 nitrogen and oxygen atoms in total. The van der Waals surface area contributed by atoms with Gasteiger partial charge in [-0.05, 0) is 52.8 Å². The van der Waals surface area contributed by atoms with Crippen molar-refractivity contribution >= 4 is 28.4 Å². The van der Waals surface area contributed by atoms with E-state index < -0.39 is 0 Å². The van der Waals surface area contributed by atoms with Crippen LogP contribution in [0.15, 0.2) is 42.5 Å². The van der Waals surface area contributed by atoms with Crippen LogP contribution in [0.1, 0.15) is 28.4 Å². The van der Waals surface area contributed by atoms with E-state index in [4.69, 9.17) is 4.74 Å².